The molecular formula is C24H19N3O3. The minimum atomic E-state index is -0.432. The molecule has 0 saturated carbocycles. The van der Waals surface area contributed by atoms with Crippen LogP contribution in [0, 0.1) is 0 Å². The quantitative estimate of drug-likeness (QED) is 0.392. The van der Waals surface area contributed by atoms with Gasteiger partial charge in [-0.1, -0.05) is 54.6 Å². The van der Waals surface area contributed by atoms with Gasteiger partial charge in [-0.25, -0.2) is 0 Å². The first-order valence-electron chi connectivity index (χ1n) is 9.33. The molecule has 148 valence electrons. The van der Waals surface area contributed by atoms with Crippen molar-refractivity contribution in [3.05, 3.63) is 90.5 Å². The number of methoxy groups -OCH3 is 1. The van der Waals surface area contributed by atoms with Crippen molar-refractivity contribution in [2.45, 2.75) is 0 Å². The van der Waals surface area contributed by atoms with Gasteiger partial charge in [-0.05, 0) is 35.7 Å². The highest BCUT2D eigenvalue weighted by Gasteiger charge is 2.18. The van der Waals surface area contributed by atoms with Crippen molar-refractivity contribution in [1.82, 2.24) is 0 Å². The Morgan fingerprint density at radius 1 is 0.900 bits per heavy atom. The number of aromatic hydroxyl groups is 1. The highest BCUT2D eigenvalue weighted by Crippen LogP contribution is 2.40. The molecule has 4 aromatic carbocycles. The molecule has 0 bridgehead atoms. The molecule has 0 saturated heterocycles. The van der Waals surface area contributed by atoms with Crippen LogP contribution in [0.2, 0.25) is 0 Å². The number of para-hydroxylation sites is 2. The molecule has 0 heterocycles. The molecule has 0 spiro atoms. The van der Waals surface area contributed by atoms with E-state index < -0.39 is 5.91 Å². The van der Waals surface area contributed by atoms with Crippen LogP contribution in [0.5, 0.6) is 11.5 Å². The Morgan fingerprint density at radius 3 is 2.40 bits per heavy atom. The normalized spacial score (nSPS) is 11.0. The zero-order valence-corrected chi connectivity index (χ0v) is 16.2. The number of carbonyl (C=O) groups is 1. The van der Waals surface area contributed by atoms with E-state index in [0.717, 1.165) is 5.39 Å². The van der Waals surface area contributed by atoms with E-state index in [0.29, 0.717) is 22.5 Å². The van der Waals surface area contributed by atoms with E-state index in [-0.39, 0.29) is 17.0 Å². The lowest BCUT2D eigenvalue weighted by atomic mass is 10.0. The Labute approximate surface area is 173 Å². The summed E-state index contributed by atoms with van der Waals surface area (Å²) in [6.07, 6.45) is 0. The van der Waals surface area contributed by atoms with Crippen molar-refractivity contribution in [3.63, 3.8) is 0 Å². The lowest BCUT2D eigenvalue weighted by molar-refractivity contribution is 0.102. The van der Waals surface area contributed by atoms with Crippen LogP contribution in [0.1, 0.15) is 10.4 Å². The minimum Gasteiger partial charge on any atom is -0.505 e. The third-order valence-corrected chi connectivity index (χ3v) is 4.61. The monoisotopic (exact) mass is 397 g/mol. The van der Waals surface area contributed by atoms with Crippen LogP contribution in [0.25, 0.3) is 10.8 Å². The molecule has 0 aliphatic rings. The molecule has 30 heavy (non-hydrogen) atoms. The number of phenols is 1. The zero-order chi connectivity index (χ0) is 20.9. The van der Waals surface area contributed by atoms with E-state index in [1.807, 2.05) is 54.6 Å². The van der Waals surface area contributed by atoms with E-state index in [9.17, 15) is 9.90 Å². The Kier molecular flexibility index (Phi) is 5.39. The highest BCUT2D eigenvalue weighted by molar-refractivity contribution is 6.11. The maximum atomic E-state index is 12.8. The van der Waals surface area contributed by atoms with Gasteiger partial charge in [0.1, 0.15) is 17.1 Å². The molecule has 0 aromatic heterocycles. The Morgan fingerprint density at radius 2 is 1.60 bits per heavy atom. The van der Waals surface area contributed by atoms with Crippen molar-refractivity contribution in [1.29, 1.82) is 0 Å². The number of rotatable bonds is 5. The Hall–Kier alpha value is -4.19. The fourth-order valence-electron chi connectivity index (χ4n) is 3.13. The number of amides is 1. The first-order valence-corrected chi connectivity index (χ1v) is 9.33. The number of benzene rings is 4. The smallest absolute Gasteiger partial charge is 0.259 e. The van der Waals surface area contributed by atoms with Crippen molar-refractivity contribution in [2.24, 2.45) is 10.2 Å². The maximum Gasteiger partial charge on any atom is 0.259 e. The first-order chi connectivity index (χ1) is 14.7. The predicted molar refractivity (Wildman–Crippen MR) is 117 cm³/mol. The molecule has 1 amide bonds. The molecular weight excluding hydrogens is 378 g/mol. The number of fused-ring (bicyclic) bond motifs is 1. The molecule has 0 atom stereocenters. The number of carbonyl (C=O) groups excluding carboxylic acids is 1. The maximum absolute atomic E-state index is 12.8. The second kappa shape index (κ2) is 8.45. The van der Waals surface area contributed by atoms with Crippen LogP contribution in [-0.2, 0) is 0 Å². The van der Waals surface area contributed by atoms with Gasteiger partial charge in [0.25, 0.3) is 5.91 Å². The molecule has 4 aromatic rings. The standard InChI is InChI=1S/C24H19N3O3/c1-30-21-14-8-7-13-20(21)26-27-22-18-12-6-5-9-16(18)15-19(23(22)28)24(29)25-17-10-3-2-4-11-17/h2-15,28H,1H3,(H,25,29). The number of phenolic OH excluding ortho intramolecular Hbond substituents is 1. The topological polar surface area (TPSA) is 83.3 Å². The molecule has 4 rings (SSSR count). The van der Waals surface area contributed by atoms with Gasteiger partial charge in [0.15, 0.2) is 5.75 Å². The van der Waals surface area contributed by atoms with Crippen molar-refractivity contribution < 1.29 is 14.6 Å². The summed E-state index contributed by atoms with van der Waals surface area (Å²) in [6.45, 7) is 0. The fraction of sp³-hybridized carbons (Fsp3) is 0.0417. The van der Waals surface area contributed by atoms with Gasteiger partial charge in [0.05, 0.1) is 12.7 Å². The summed E-state index contributed by atoms with van der Waals surface area (Å²) in [7, 11) is 1.55. The largest absolute Gasteiger partial charge is 0.505 e. The van der Waals surface area contributed by atoms with Gasteiger partial charge in [-0.2, -0.15) is 0 Å². The van der Waals surface area contributed by atoms with Gasteiger partial charge < -0.3 is 15.2 Å². The van der Waals surface area contributed by atoms with Crippen LogP contribution in [0.4, 0.5) is 17.1 Å². The summed E-state index contributed by atoms with van der Waals surface area (Å²) >= 11 is 0. The number of azo groups is 1. The second-order valence-corrected chi connectivity index (χ2v) is 6.53. The fourth-order valence-corrected chi connectivity index (χ4v) is 3.13. The van der Waals surface area contributed by atoms with Crippen LogP contribution in [-0.4, -0.2) is 18.1 Å². The molecule has 0 radical (unpaired) electrons. The minimum absolute atomic E-state index is 0.117. The molecule has 2 N–H and O–H groups in total. The van der Waals surface area contributed by atoms with Gasteiger partial charge in [0, 0.05) is 11.1 Å². The Bertz CT molecular complexity index is 1240. The lowest BCUT2D eigenvalue weighted by Crippen LogP contribution is -2.12. The summed E-state index contributed by atoms with van der Waals surface area (Å²) < 4.78 is 5.30. The van der Waals surface area contributed by atoms with E-state index in [2.05, 4.69) is 15.5 Å². The summed E-state index contributed by atoms with van der Waals surface area (Å²) in [5, 5.41) is 23.7. The zero-order valence-electron chi connectivity index (χ0n) is 16.2. The molecule has 0 unspecified atom stereocenters. The van der Waals surface area contributed by atoms with Crippen molar-refractivity contribution >= 4 is 33.7 Å². The van der Waals surface area contributed by atoms with Gasteiger partial charge in [0.2, 0.25) is 0 Å². The third-order valence-electron chi connectivity index (χ3n) is 4.61. The van der Waals surface area contributed by atoms with E-state index in [4.69, 9.17) is 4.74 Å². The number of ether oxygens (including phenoxy) is 1. The summed E-state index contributed by atoms with van der Waals surface area (Å²) in [4.78, 5) is 12.8. The van der Waals surface area contributed by atoms with E-state index >= 15 is 0 Å². The molecule has 0 fully saturated rings. The van der Waals surface area contributed by atoms with Crippen LogP contribution >= 0.6 is 0 Å². The highest BCUT2D eigenvalue weighted by atomic mass is 16.5. The Balaban J connectivity index is 1.79. The SMILES string of the molecule is COc1ccccc1N=Nc1c(O)c(C(=O)Nc2ccccc2)cc2ccccc12. The summed E-state index contributed by atoms with van der Waals surface area (Å²) in [5.74, 6) is -0.109. The lowest BCUT2D eigenvalue weighted by Gasteiger charge is -2.11. The van der Waals surface area contributed by atoms with Gasteiger partial charge in [-0.15, -0.1) is 10.2 Å². The van der Waals surface area contributed by atoms with Crippen LogP contribution < -0.4 is 10.1 Å². The number of anilines is 1. The van der Waals surface area contributed by atoms with Crippen molar-refractivity contribution in [2.75, 3.05) is 12.4 Å². The number of nitrogens with zero attached hydrogens (tertiary/aromatic N) is 2. The molecule has 6 heteroatoms. The third kappa shape index (κ3) is 3.84. The molecule has 0 aliphatic heterocycles. The van der Waals surface area contributed by atoms with Crippen LogP contribution in [0.15, 0.2) is 95.2 Å². The van der Waals surface area contributed by atoms with Gasteiger partial charge >= 0.3 is 0 Å². The van der Waals surface area contributed by atoms with Crippen LogP contribution in [0.3, 0.4) is 0 Å². The summed E-state index contributed by atoms with van der Waals surface area (Å²) in [6, 6.07) is 25.3. The van der Waals surface area contributed by atoms with Crippen molar-refractivity contribution in [3.8, 4) is 11.5 Å². The second-order valence-electron chi connectivity index (χ2n) is 6.53. The average molecular weight is 397 g/mol. The van der Waals surface area contributed by atoms with E-state index in [1.54, 1.807) is 37.4 Å². The number of nitrogens with one attached hydrogen (secondary N) is 1. The number of hydrogen-bond acceptors (Lipinski definition) is 5. The van der Waals surface area contributed by atoms with E-state index in [1.165, 1.54) is 0 Å². The number of hydrogen-bond donors (Lipinski definition) is 2. The summed E-state index contributed by atoms with van der Waals surface area (Å²) in [5.41, 5.74) is 1.48. The molecule has 0 aliphatic carbocycles. The molecule has 6 nitrogen and oxygen atoms in total. The first kappa shape index (κ1) is 19.1. The average Bonchev–Trinajstić information content (AvgIpc) is 2.79. The predicted octanol–water partition coefficient (Wildman–Crippen LogP) is 6.22. The van der Waals surface area contributed by atoms with Gasteiger partial charge in [-0.3, -0.25) is 4.79 Å².